The Morgan fingerprint density at radius 1 is 0.604 bits per heavy atom. The van der Waals surface area contributed by atoms with E-state index in [9.17, 15) is 44.6 Å². The lowest BCUT2D eigenvalue weighted by Gasteiger charge is -2.41. The molecule has 53 heavy (non-hydrogen) atoms. The number of esters is 2. The highest BCUT2D eigenvalue weighted by atomic mass is 31.2. The van der Waals surface area contributed by atoms with Gasteiger partial charge in [0, 0.05) is 12.8 Å². The molecular weight excluding hydrogens is 707 g/mol. The molecule has 0 spiro atoms. The lowest BCUT2D eigenvalue weighted by molar-refractivity contribution is -0.220. The van der Waals surface area contributed by atoms with Crippen molar-refractivity contribution < 1.29 is 63.1 Å². The van der Waals surface area contributed by atoms with Crippen molar-refractivity contribution in [2.45, 2.75) is 172 Å². The van der Waals surface area contributed by atoms with Gasteiger partial charge in [-0.2, -0.15) is 0 Å². The van der Waals surface area contributed by atoms with Crippen molar-refractivity contribution in [3.8, 4) is 0 Å². The second-order valence-corrected chi connectivity index (χ2v) is 14.8. The minimum atomic E-state index is -5.11. The standard InChI is InChI=1S/C39H67O13P/c1-3-5-7-9-11-12-13-14-15-16-17-18-19-20-22-24-26-28-33(41)51-31(29-49-32(40)27-25-23-21-10-8-6-4-2)30-50-53(47,48)52-39-37(45)35(43)34(42)36(44)38(39)46/h5,7,11-12,14-15,17-18,31,34-39,42-46H,3-4,6,8-10,13,16,19-30H2,1-2H3,(H,47,48)/b7-5-,12-11-,15-14-,18-17-. The van der Waals surface area contributed by atoms with E-state index in [4.69, 9.17) is 18.5 Å². The van der Waals surface area contributed by atoms with E-state index in [1.54, 1.807) is 0 Å². The number of ether oxygens (including phenoxy) is 2. The molecule has 0 saturated heterocycles. The van der Waals surface area contributed by atoms with Gasteiger partial charge in [0.2, 0.25) is 0 Å². The van der Waals surface area contributed by atoms with Gasteiger partial charge in [0.15, 0.2) is 6.10 Å². The fraction of sp³-hybridized carbons (Fsp3) is 0.744. The van der Waals surface area contributed by atoms with Crippen LogP contribution in [0.5, 0.6) is 0 Å². The summed E-state index contributed by atoms with van der Waals surface area (Å²) in [7, 11) is -5.11. The highest BCUT2D eigenvalue weighted by Crippen LogP contribution is 2.47. The predicted octanol–water partition coefficient (Wildman–Crippen LogP) is 6.05. The molecule has 0 aromatic carbocycles. The van der Waals surface area contributed by atoms with E-state index in [0.29, 0.717) is 12.8 Å². The number of phosphoric ester groups is 1. The van der Waals surface area contributed by atoms with Crippen LogP contribution in [0.25, 0.3) is 0 Å². The van der Waals surface area contributed by atoms with E-state index < -0.39 is 75.7 Å². The van der Waals surface area contributed by atoms with E-state index in [0.717, 1.165) is 83.5 Å². The minimum Gasteiger partial charge on any atom is -0.462 e. The summed E-state index contributed by atoms with van der Waals surface area (Å²) in [6, 6.07) is 0. The zero-order valence-electron chi connectivity index (χ0n) is 31.8. The van der Waals surface area contributed by atoms with Crippen molar-refractivity contribution >= 4 is 19.8 Å². The van der Waals surface area contributed by atoms with Gasteiger partial charge in [-0.15, -0.1) is 0 Å². The maximum Gasteiger partial charge on any atom is 0.472 e. The van der Waals surface area contributed by atoms with Gasteiger partial charge < -0.3 is 39.9 Å². The van der Waals surface area contributed by atoms with Gasteiger partial charge in [0.1, 0.15) is 43.2 Å². The molecule has 6 unspecified atom stereocenters. The van der Waals surface area contributed by atoms with Crippen LogP contribution in [-0.2, 0) is 32.7 Å². The van der Waals surface area contributed by atoms with E-state index in [1.165, 1.54) is 6.42 Å². The molecule has 0 radical (unpaired) electrons. The van der Waals surface area contributed by atoms with Crippen LogP contribution in [0.4, 0.5) is 0 Å². The SMILES string of the molecule is CC/C=C\C/C=C\C/C=C\C/C=C\CCCCCCC(=O)OC(COC(=O)CCCCCCCCC)COP(=O)(O)OC1C(O)C(O)C(O)C(O)C1O. The third-order valence-electron chi connectivity index (χ3n) is 8.68. The zero-order valence-corrected chi connectivity index (χ0v) is 32.7. The number of aliphatic hydroxyl groups is 5. The molecule has 0 bridgehead atoms. The Balaban J connectivity index is 2.53. The van der Waals surface area contributed by atoms with Crippen LogP contribution in [-0.4, -0.2) is 98.3 Å². The largest absolute Gasteiger partial charge is 0.472 e. The summed E-state index contributed by atoms with van der Waals surface area (Å²) in [4.78, 5) is 35.3. The molecular formula is C39H67O13P. The Kier molecular flexibility index (Phi) is 27.7. The van der Waals surface area contributed by atoms with E-state index in [2.05, 4.69) is 62.5 Å². The first-order valence-corrected chi connectivity index (χ1v) is 20.9. The smallest absolute Gasteiger partial charge is 0.462 e. The van der Waals surface area contributed by atoms with Crippen LogP contribution in [0.1, 0.15) is 129 Å². The van der Waals surface area contributed by atoms with Crippen molar-refractivity contribution in [3.63, 3.8) is 0 Å². The summed E-state index contributed by atoms with van der Waals surface area (Å²) in [6.45, 7) is 3.07. The normalized spacial score (nSPS) is 24.0. The van der Waals surface area contributed by atoms with Gasteiger partial charge in [0.05, 0.1) is 6.61 Å². The summed E-state index contributed by atoms with van der Waals surface area (Å²) in [6.07, 6.45) is 19.3. The number of unbranched alkanes of at least 4 members (excludes halogenated alkanes) is 10. The van der Waals surface area contributed by atoms with E-state index in [-0.39, 0.29) is 12.8 Å². The second-order valence-electron chi connectivity index (χ2n) is 13.4. The molecule has 1 saturated carbocycles. The lowest BCUT2D eigenvalue weighted by atomic mass is 9.85. The number of hydrogen-bond acceptors (Lipinski definition) is 12. The molecule has 0 aliphatic heterocycles. The summed E-state index contributed by atoms with van der Waals surface area (Å²) in [5.41, 5.74) is 0. The van der Waals surface area contributed by atoms with Crippen LogP contribution in [0.3, 0.4) is 0 Å². The molecule has 14 heteroatoms. The quantitative estimate of drug-likeness (QED) is 0.0213. The van der Waals surface area contributed by atoms with Gasteiger partial charge in [0.25, 0.3) is 0 Å². The average Bonchev–Trinajstić information content (AvgIpc) is 3.13. The van der Waals surface area contributed by atoms with Crippen molar-refractivity contribution in [1.82, 2.24) is 0 Å². The number of aliphatic hydroxyl groups excluding tert-OH is 5. The van der Waals surface area contributed by atoms with Crippen molar-refractivity contribution in [3.05, 3.63) is 48.6 Å². The Bertz CT molecular complexity index is 1120. The van der Waals surface area contributed by atoms with Gasteiger partial charge in [-0.25, -0.2) is 4.57 Å². The van der Waals surface area contributed by atoms with Gasteiger partial charge in [-0.05, 0) is 51.4 Å². The molecule has 1 aliphatic carbocycles. The van der Waals surface area contributed by atoms with Crippen LogP contribution in [0.15, 0.2) is 48.6 Å². The second kappa shape index (κ2) is 30.1. The Hall–Kier alpha value is -2.19. The summed E-state index contributed by atoms with van der Waals surface area (Å²) < 4.78 is 33.2. The number of rotatable bonds is 30. The van der Waals surface area contributed by atoms with Crippen molar-refractivity contribution in [1.29, 1.82) is 0 Å². The van der Waals surface area contributed by atoms with E-state index >= 15 is 0 Å². The fourth-order valence-electron chi connectivity index (χ4n) is 5.51. The lowest BCUT2D eigenvalue weighted by Crippen LogP contribution is -2.64. The Morgan fingerprint density at radius 2 is 1.08 bits per heavy atom. The molecule has 6 atom stereocenters. The topological polar surface area (TPSA) is 210 Å². The number of allylic oxidation sites excluding steroid dienone is 8. The molecule has 306 valence electrons. The maximum atomic E-state index is 12.7. The molecule has 13 nitrogen and oxygen atoms in total. The summed E-state index contributed by atoms with van der Waals surface area (Å²) >= 11 is 0. The van der Waals surface area contributed by atoms with Crippen LogP contribution in [0.2, 0.25) is 0 Å². The molecule has 1 aliphatic rings. The van der Waals surface area contributed by atoms with Gasteiger partial charge in [-0.3, -0.25) is 18.6 Å². The average molecular weight is 775 g/mol. The highest BCUT2D eigenvalue weighted by Gasteiger charge is 2.51. The first kappa shape index (κ1) is 48.8. The molecule has 0 aromatic heterocycles. The highest BCUT2D eigenvalue weighted by molar-refractivity contribution is 7.47. The van der Waals surface area contributed by atoms with Gasteiger partial charge in [-0.1, -0.05) is 114 Å². The monoisotopic (exact) mass is 774 g/mol. The zero-order chi connectivity index (χ0) is 39.3. The van der Waals surface area contributed by atoms with Crippen LogP contribution >= 0.6 is 7.82 Å². The summed E-state index contributed by atoms with van der Waals surface area (Å²) in [5, 5.41) is 49.9. The molecule has 0 heterocycles. The van der Waals surface area contributed by atoms with Crippen LogP contribution < -0.4 is 0 Å². The Labute approximate surface area is 316 Å². The fourth-order valence-corrected chi connectivity index (χ4v) is 6.48. The number of carbonyl (C=O) groups excluding carboxylic acids is 2. The molecule has 0 aromatic rings. The summed E-state index contributed by atoms with van der Waals surface area (Å²) in [5.74, 6) is -1.14. The predicted molar refractivity (Wildman–Crippen MR) is 203 cm³/mol. The Morgan fingerprint density at radius 3 is 1.64 bits per heavy atom. The number of carbonyl (C=O) groups is 2. The molecule has 0 amide bonds. The van der Waals surface area contributed by atoms with E-state index in [1.807, 2.05) is 0 Å². The van der Waals surface area contributed by atoms with Crippen molar-refractivity contribution in [2.24, 2.45) is 0 Å². The molecule has 1 fully saturated rings. The van der Waals surface area contributed by atoms with Gasteiger partial charge >= 0.3 is 19.8 Å². The number of phosphoric acid groups is 1. The maximum absolute atomic E-state index is 12.7. The minimum absolute atomic E-state index is 0.0678. The van der Waals surface area contributed by atoms with Crippen molar-refractivity contribution in [2.75, 3.05) is 13.2 Å². The molecule has 6 N–H and O–H groups in total. The molecule has 1 rings (SSSR count). The third-order valence-corrected chi connectivity index (χ3v) is 9.67. The third kappa shape index (κ3) is 23.4. The van der Waals surface area contributed by atoms with Crippen LogP contribution in [0, 0.1) is 0 Å². The first-order valence-electron chi connectivity index (χ1n) is 19.4. The first-order chi connectivity index (χ1) is 25.4. The number of hydrogen-bond donors (Lipinski definition) is 6.